The van der Waals surface area contributed by atoms with Gasteiger partial charge in [-0.3, -0.25) is 4.98 Å². The van der Waals surface area contributed by atoms with E-state index in [0.29, 0.717) is 11.2 Å². The zero-order chi connectivity index (χ0) is 18.7. The number of carbonyl (C=O) groups is 2. The van der Waals surface area contributed by atoms with Crippen LogP contribution in [0.5, 0.6) is 5.75 Å². The number of anilines is 1. The zero-order valence-corrected chi connectivity index (χ0v) is 14.2. The molecule has 1 aromatic carbocycles. The number of aromatic nitrogens is 1. The molecule has 0 spiro atoms. The SMILES string of the molecule is COC(=O)C1=C(C(=O)OC)N(c2ccc3cc(O)cnc3c2)C=CC=C1. The standard InChI is InChI=1S/C19H16N2O5/c1-25-18(23)15-5-3-4-8-21(17(15)19(24)26-2)13-7-6-12-9-14(22)11-20-16(12)10-13/h3-11,22H,1-2H3. The van der Waals surface area contributed by atoms with E-state index in [-0.39, 0.29) is 17.0 Å². The number of allylic oxidation sites excluding steroid dienone is 2. The molecule has 1 aliphatic rings. The summed E-state index contributed by atoms with van der Waals surface area (Å²) < 4.78 is 9.65. The van der Waals surface area contributed by atoms with Crippen molar-refractivity contribution in [2.75, 3.05) is 19.1 Å². The Bertz CT molecular complexity index is 975. The number of ether oxygens (including phenoxy) is 2. The molecule has 1 N–H and O–H groups in total. The number of rotatable bonds is 3. The van der Waals surface area contributed by atoms with E-state index in [4.69, 9.17) is 9.47 Å². The molecular weight excluding hydrogens is 336 g/mol. The fraction of sp³-hybridized carbons (Fsp3) is 0.105. The predicted molar refractivity (Wildman–Crippen MR) is 95.2 cm³/mol. The molecule has 7 heteroatoms. The smallest absolute Gasteiger partial charge is 0.355 e. The highest BCUT2D eigenvalue weighted by Gasteiger charge is 2.27. The normalized spacial score (nSPS) is 13.7. The lowest BCUT2D eigenvalue weighted by Crippen LogP contribution is -2.26. The fourth-order valence-electron chi connectivity index (χ4n) is 2.61. The first-order chi connectivity index (χ1) is 12.5. The maximum Gasteiger partial charge on any atom is 0.355 e. The van der Waals surface area contributed by atoms with Crippen LogP contribution in [0.15, 0.2) is 66.2 Å². The molecule has 2 heterocycles. The number of methoxy groups -OCH3 is 2. The summed E-state index contributed by atoms with van der Waals surface area (Å²) in [6.07, 6.45) is 7.79. The van der Waals surface area contributed by atoms with Gasteiger partial charge in [-0.15, -0.1) is 0 Å². The summed E-state index contributed by atoms with van der Waals surface area (Å²) in [7, 11) is 2.48. The Morgan fingerprint density at radius 2 is 1.85 bits per heavy atom. The van der Waals surface area contributed by atoms with Gasteiger partial charge in [0.25, 0.3) is 0 Å². The van der Waals surface area contributed by atoms with Crippen molar-refractivity contribution in [3.63, 3.8) is 0 Å². The summed E-state index contributed by atoms with van der Waals surface area (Å²) in [6.45, 7) is 0. The largest absolute Gasteiger partial charge is 0.506 e. The lowest BCUT2D eigenvalue weighted by Gasteiger charge is -2.23. The predicted octanol–water partition coefficient (Wildman–Crippen LogP) is 2.43. The van der Waals surface area contributed by atoms with E-state index >= 15 is 0 Å². The van der Waals surface area contributed by atoms with Gasteiger partial charge in [-0.1, -0.05) is 12.1 Å². The van der Waals surface area contributed by atoms with Gasteiger partial charge >= 0.3 is 11.9 Å². The molecule has 3 rings (SSSR count). The van der Waals surface area contributed by atoms with Crippen molar-refractivity contribution < 1.29 is 24.2 Å². The molecule has 2 aromatic rings. The average Bonchev–Trinajstić information content (AvgIpc) is 2.89. The summed E-state index contributed by atoms with van der Waals surface area (Å²) >= 11 is 0. The minimum absolute atomic E-state index is 0.0301. The maximum absolute atomic E-state index is 12.4. The average molecular weight is 352 g/mol. The van der Waals surface area contributed by atoms with Crippen LogP contribution in [-0.4, -0.2) is 36.2 Å². The van der Waals surface area contributed by atoms with Crippen molar-refractivity contribution in [3.05, 3.63) is 66.2 Å². The summed E-state index contributed by atoms with van der Waals surface area (Å²) in [5, 5.41) is 10.3. The molecule has 1 aromatic heterocycles. The highest BCUT2D eigenvalue weighted by Crippen LogP contribution is 2.29. The molecule has 0 amide bonds. The maximum atomic E-state index is 12.4. The first kappa shape index (κ1) is 17.2. The highest BCUT2D eigenvalue weighted by atomic mass is 16.5. The number of hydrogen-bond acceptors (Lipinski definition) is 7. The number of aromatic hydroxyl groups is 1. The molecular formula is C19H16N2O5. The molecule has 132 valence electrons. The molecule has 0 saturated heterocycles. The van der Waals surface area contributed by atoms with Crippen molar-refractivity contribution in [2.45, 2.75) is 0 Å². The van der Waals surface area contributed by atoms with E-state index in [1.165, 1.54) is 31.4 Å². The Morgan fingerprint density at radius 3 is 2.58 bits per heavy atom. The van der Waals surface area contributed by atoms with Gasteiger partial charge in [-0.25, -0.2) is 9.59 Å². The van der Waals surface area contributed by atoms with Gasteiger partial charge in [-0.05, 0) is 30.4 Å². The minimum Gasteiger partial charge on any atom is -0.506 e. The van der Waals surface area contributed by atoms with Crippen LogP contribution in [0.2, 0.25) is 0 Å². The lowest BCUT2D eigenvalue weighted by molar-refractivity contribution is -0.139. The van der Waals surface area contributed by atoms with E-state index in [0.717, 1.165) is 5.39 Å². The number of pyridine rings is 1. The van der Waals surface area contributed by atoms with Gasteiger partial charge in [0, 0.05) is 17.3 Å². The second-order valence-corrected chi connectivity index (χ2v) is 5.39. The Labute approximate surface area is 149 Å². The van der Waals surface area contributed by atoms with Crippen LogP contribution in [-0.2, 0) is 19.1 Å². The van der Waals surface area contributed by atoms with E-state index in [9.17, 15) is 14.7 Å². The summed E-state index contributed by atoms with van der Waals surface area (Å²) in [6, 6.07) is 6.83. The third kappa shape index (κ3) is 3.14. The van der Waals surface area contributed by atoms with Crippen molar-refractivity contribution in [1.29, 1.82) is 0 Å². The Balaban J connectivity index is 2.18. The molecule has 0 bridgehead atoms. The van der Waals surface area contributed by atoms with Gasteiger partial charge in [0.2, 0.25) is 0 Å². The first-order valence-corrected chi connectivity index (χ1v) is 7.69. The van der Waals surface area contributed by atoms with E-state index in [1.54, 1.807) is 42.6 Å². The van der Waals surface area contributed by atoms with Gasteiger partial charge < -0.3 is 19.5 Å². The van der Waals surface area contributed by atoms with Crippen LogP contribution in [0, 0.1) is 0 Å². The topological polar surface area (TPSA) is 89.0 Å². The molecule has 0 unspecified atom stereocenters. The molecule has 0 radical (unpaired) electrons. The van der Waals surface area contributed by atoms with E-state index in [1.807, 2.05) is 0 Å². The number of carbonyl (C=O) groups excluding carboxylic acids is 2. The first-order valence-electron chi connectivity index (χ1n) is 7.69. The summed E-state index contributed by atoms with van der Waals surface area (Å²) in [4.78, 5) is 30.3. The van der Waals surface area contributed by atoms with Crippen LogP contribution < -0.4 is 4.90 Å². The number of esters is 2. The van der Waals surface area contributed by atoms with Crippen LogP contribution >= 0.6 is 0 Å². The van der Waals surface area contributed by atoms with Gasteiger partial charge in [-0.2, -0.15) is 0 Å². The van der Waals surface area contributed by atoms with Gasteiger partial charge in [0.15, 0.2) is 0 Å². The molecule has 26 heavy (non-hydrogen) atoms. The molecule has 7 nitrogen and oxygen atoms in total. The van der Waals surface area contributed by atoms with Crippen LogP contribution in [0.3, 0.4) is 0 Å². The van der Waals surface area contributed by atoms with E-state index in [2.05, 4.69) is 4.98 Å². The molecule has 0 saturated carbocycles. The number of nitrogens with zero attached hydrogens (tertiary/aromatic N) is 2. The Kier molecular flexibility index (Phi) is 4.70. The summed E-state index contributed by atoms with van der Waals surface area (Å²) in [5.41, 5.74) is 1.32. The van der Waals surface area contributed by atoms with Crippen LogP contribution in [0.25, 0.3) is 10.9 Å². The van der Waals surface area contributed by atoms with Crippen molar-refractivity contribution in [1.82, 2.24) is 4.98 Å². The quantitative estimate of drug-likeness (QED) is 0.849. The second-order valence-electron chi connectivity index (χ2n) is 5.39. The number of hydrogen-bond donors (Lipinski definition) is 1. The Morgan fingerprint density at radius 1 is 1.08 bits per heavy atom. The molecule has 1 aliphatic heterocycles. The minimum atomic E-state index is -0.680. The lowest BCUT2D eigenvalue weighted by atomic mass is 10.1. The highest BCUT2D eigenvalue weighted by molar-refractivity contribution is 6.05. The monoisotopic (exact) mass is 352 g/mol. The molecule has 0 fully saturated rings. The van der Waals surface area contributed by atoms with Crippen LogP contribution in [0.4, 0.5) is 5.69 Å². The van der Waals surface area contributed by atoms with Gasteiger partial charge in [0.05, 0.1) is 31.5 Å². The van der Waals surface area contributed by atoms with Crippen LogP contribution in [0.1, 0.15) is 0 Å². The molecule has 0 atom stereocenters. The van der Waals surface area contributed by atoms with Crippen molar-refractivity contribution in [2.24, 2.45) is 0 Å². The fourth-order valence-corrected chi connectivity index (χ4v) is 2.61. The number of fused-ring (bicyclic) bond motifs is 1. The second kappa shape index (κ2) is 7.10. The molecule has 0 aliphatic carbocycles. The summed E-state index contributed by atoms with van der Waals surface area (Å²) in [5.74, 6) is -1.27. The van der Waals surface area contributed by atoms with Crippen molar-refractivity contribution >= 4 is 28.5 Å². The van der Waals surface area contributed by atoms with E-state index < -0.39 is 11.9 Å². The van der Waals surface area contributed by atoms with Gasteiger partial charge in [0.1, 0.15) is 11.4 Å². The Hall–Kier alpha value is -3.61. The number of benzene rings is 1. The van der Waals surface area contributed by atoms with Crippen molar-refractivity contribution in [3.8, 4) is 5.75 Å². The third-order valence-corrected chi connectivity index (χ3v) is 3.82. The third-order valence-electron chi connectivity index (χ3n) is 3.82. The zero-order valence-electron chi connectivity index (χ0n) is 14.2.